The van der Waals surface area contributed by atoms with Crippen LogP contribution in [-0.4, -0.2) is 31.6 Å². The van der Waals surface area contributed by atoms with Crippen molar-refractivity contribution in [2.75, 3.05) is 26.7 Å². The highest BCUT2D eigenvalue weighted by Crippen LogP contribution is 2.17. The van der Waals surface area contributed by atoms with Gasteiger partial charge in [-0.25, -0.2) is 0 Å². The van der Waals surface area contributed by atoms with Crippen molar-refractivity contribution in [2.24, 2.45) is 0 Å². The summed E-state index contributed by atoms with van der Waals surface area (Å²) in [6, 6.07) is 10.5. The van der Waals surface area contributed by atoms with E-state index in [1.54, 1.807) is 7.11 Å². The van der Waals surface area contributed by atoms with E-state index in [2.05, 4.69) is 43.0 Å². The van der Waals surface area contributed by atoms with Crippen LogP contribution in [0.25, 0.3) is 0 Å². The summed E-state index contributed by atoms with van der Waals surface area (Å²) >= 11 is 0. The topological polar surface area (TPSA) is 12.5 Å². The Morgan fingerprint density at radius 1 is 1.18 bits per heavy atom. The number of nitrogens with zero attached hydrogens (tertiary/aromatic N) is 1. The minimum atomic E-state index is 0.188. The van der Waals surface area contributed by atoms with Crippen molar-refractivity contribution < 1.29 is 4.74 Å². The van der Waals surface area contributed by atoms with Crippen molar-refractivity contribution in [2.45, 2.75) is 32.8 Å². The summed E-state index contributed by atoms with van der Waals surface area (Å²) in [4.78, 5) is 2.46. The van der Waals surface area contributed by atoms with Gasteiger partial charge in [-0.3, -0.25) is 0 Å². The Morgan fingerprint density at radius 3 is 2.41 bits per heavy atom. The predicted molar refractivity (Wildman–Crippen MR) is 73.2 cm³/mol. The van der Waals surface area contributed by atoms with E-state index in [0.29, 0.717) is 0 Å². The summed E-state index contributed by atoms with van der Waals surface area (Å²) < 4.78 is 5.61. The number of benzene rings is 1. The SMILES string of the molecule is CCCCN(CC)CC(OC)c1ccccc1. The van der Waals surface area contributed by atoms with E-state index in [9.17, 15) is 0 Å². The molecule has 1 rings (SSSR count). The maximum absolute atomic E-state index is 5.61. The van der Waals surface area contributed by atoms with Crippen LogP contribution in [0.5, 0.6) is 0 Å². The maximum Gasteiger partial charge on any atom is 0.0947 e. The van der Waals surface area contributed by atoms with Crippen LogP contribution in [0.4, 0.5) is 0 Å². The molecule has 0 radical (unpaired) electrons. The molecule has 0 aliphatic rings. The summed E-state index contributed by atoms with van der Waals surface area (Å²) in [5.41, 5.74) is 1.27. The molecule has 0 bridgehead atoms. The Hall–Kier alpha value is -0.860. The van der Waals surface area contributed by atoms with E-state index in [1.165, 1.54) is 24.9 Å². The molecule has 1 atom stereocenters. The molecule has 0 saturated heterocycles. The third-order valence-corrected chi connectivity index (χ3v) is 3.16. The van der Waals surface area contributed by atoms with E-state index < -0.39 is 0 Å². The molecule has 0 heterocycles. The Morgan fingerprint density at radius 2 is 1.88 bits per heavy atom. The molecular weight excluding hydrogens is 210 g/mol. The highest BCUT2D eigenvalue weighted by Gasteiger charge is 2.13. The lowest BCUT2D eigenvalue weighted by Gasteiger charge is -2.25. The van der Waals surface area contributed by atoms with Crippen LogP contribution in [0.2, 0.25) is 0 Å². The van der Waals surface area contributed by atoms with Crippen LogP contribution < -0.4 is 0 Å². The second-order valence-corrected chi connectivity index (χ2v) is 4.38. The fourth-order valence-electron chi connectivity index (χ4n) is 1.98. The first-order valence-electron chi connectivity index (χ1n) is 6.61. The van der Waals surface area contributed by atoms with Gasteiger partial charge < -0.3 is 9.64 Å². The molecule has 0 N–H and O–H groups in total. The Labute approximate surface area is 106 Å². The van der Waals surface area contributed by atoms with Gasteiger partial charge in [-0.05, 0) is 25.1 Å². The smallest absolute Gasteiger partial charge is 0.0947 e. The minimum Gasteiger partial charge on any atom is -0.375 e. The van der Waals surface area contributed by atoms with Crippen molar-refractivity contribution in [1.82, 2.24) is 4.90 Å². The summed E-state index contributed by atoms with van der Waals surface area (Å²) in [6.45, 7) is 7.69. The third kappa shape index (κ3) is 4.88. The van der Waals surface area contributed by atoms with E-state index in [1.807, 2.05) is 6.07 Å². The molecule has 1 aromatic carbocycles. The second kappa shape index (κ2) is 8.26. The highest BCUT2D eigenvalue weighted by atomic mass is 16.5. The zero-order chi connectivity index (χ0) is 12.5. The second-order valence-electron chi connectivity index (χ2n) is 4.38. The molecule has 96 valence electrons. The average molecular weight is 235 g/mol. The van der Waals surface area contributed by atoms with Crippen LogP contribution in [0.1, 0.15) is 38.4 Å². The van der Waals surface area contributed by atoms with Crippen LogP contribution in [0.15, 0.2) is 30.3 Å². The normalized spacial score (nSPS) is 12.9. The van der Waals surface area contributed by atoms with Gasteiger partial charge in [0.2, 0.25) is 0 Å². The van der Waals surface area contributed by atoms with E-state index in [0.717, 1.165) is 13.1 Å². The zero-order valence-electron chi connectivity index (χ0n) is 11.4. The number of unbranched alkanes of at least 4 members (excludes halogenated alkanes) is 1. The molecule has 1 unspecified atom stereocenters. The summed E-state index contributed by atoms with van der Waals surface area (Å²) in [6.07, 6.45) is 2.70. The first-order valence-corrected chi connectivity index (χ1v) is 6.61. The number of hydrogen-bond acceptors (Lipinski definition) is 2. The van der Waals surface area contributed by atoms with Gasteiger partial charge in [0.15, 0.2) is 0 Å². The van der Waals surface area contributed by atoms with Gasteiger partial charge in [-0.1, -0.05) is 50.6 Å². The summed E-state index contributed by atoms with van der Waals surface area (Å²) in [7, 11) is 1.80. The molecule has 2 heteroatoms. The maximum atomic E-state index is 5.61. The molecule has 2 nitrogen and oxygen atoms in total. The number of methoxy groups -OCH3 is 1. The zero-order valence-corrected chi connectivity index (χ0v) is 11.4. The van der Waals surface area contributed by atoms with Crippen molar-refractivity contribution in [1.29, 1.82) is 0 Å². The van der Waals surface area contributed by atoms with Gasteiger partial charge in [0.1, 0.15) is 0 Å². The van der Waals surface area contributed by atoms with Gasteiger partial charge in [-0.2, -0.15) is 0 Å². The lowest BCUT2D eigenvalue weighted by Crippen LogP contribution is -2.30. The van der Waals surface area contributed by atoms with Gasteiger partial charge in [0.05, 0.1) is 6.10 Å². The predicted octanol–water partition coefficient (Wildman–Crippen LogP) is 3.50. The monoisotopic (exact) mass is 235 g/mol. The molecule has 1 aromatic rings. The van der Waals surface area contributed by atoms with Gasteiger partial charge >= 0.3 is 0 Å². The largest absolute Gasteiger partial charge is 0.375 e. The number of ether oxygens (including phenoxy) is 1. The molecule has 0 aromatic heterocycles. The molecule has 17 heavy (non-hydrogen) atoms. The molecular formula is C15H25NO. The first-order chi connectivity index (χ1) is 8.31. The summed E-state index contributed by atoms with van der Waals surface area (Å²) in [5, 5.41) is 0. The highest BCUT2D eigenvalue weighted by molar-refractivity contribution is 5.17. The Kier molecular flexibility index (Phi) is 6.90. The van der Waals surface area contributed by atoms with Gasteiger partial charge in [-0.15, -0.1) is 0 Å². The van der Waals surface area contributed by atoms with Crippen LogP contribution in [0, 0.1) is 0 Å². The van der Waals surface area contributed by atoms with E-state index in [-0.39, 0.29) is 6.10 Å². The third-order valence-electron chi connectivity index (χ3n) is 3.16. The van der Waals surface area contributed by atoms with E-state index in [4.69, 9.17) is 4.74 Å². The number of rotatable bonds is 8. The quantitative estimate of drug-likeness (QED) is 0.684. The summed E-state index contributed by atoms with van der Waals surface area (Å²) in [5.74, 6) is 0. The first kappa shape index (κ1) is 14.2. The van der Waals surface area contributed by atoms with Crippen LogP contribution in [0.3, 0.4) is 0 Å². The van der Waals surface area contributed by atoms with Crippen molar-refractivity contribution >= 4 is 0 Å². The number of likely N-dealkylation sites (N-methyl/N-ethyl adjacent to an activating group) is 1. The van der Waals surface area contributed by atoms with E-state index >= 15 is 0 Å². The average Bonchev–Trinajstić information content (AvgIpc) is 2.40. The molecule has 0 fully saturated rings. The minimum absolute atomic E-state index is 0.188. The van der Waals surface area contributed by atoms with Crippen molar-refractivity contribution in [3.05, 3.63) is 35.9 Å². The fraction of sp³-hybridized carbons (Fsp3) is 0.600. The Bertz CT molecular complexity index is 286. The molecule has 0 spiro atoms. The van der Waals surface area contributed by atoms with Gasteiger partial charge in [0.25, 0.3) is 0 Å². The molecule has 0 aliphatic heterocycles. The molecule has 0 saturated carbocycles. The van der Waals surface area contributed by atoms with Crippen molar-refractivity contribution in [3.8, 4) is 0 Å². The van der Waals surface area contributed by atoms with Gasteiger partial charge in [0, 0.05) is 13.7 Å². The standard InChI is InChI=1S/C15H25NO/c1-4-6-12-16(5-2)13-15(17-3)14-10-8-7-9-11-14/h7-11,15H,4-6,12-13H2,1-3H3. The lowest BCUT2D eigenvalue weighted by molar-refractivity contribution is 0.0647. The lowest BCUT2D eigenvalue weighted by atomic mass is 10.1. The fourth-order valence-corrected chi connectivity index (χ4v) is 1.98. The number of hydrogen-bond donors (Lipinski definition) is 0. The Balaban J connectivity index is 2.56. The molecule has 0 amide bonds. The molecule has 0 aliphatic carbocycles. The van der Waals surface area contributed by atoms with Crippen LogP contribution >= 0.6 is 0 Å². The van der Waals surface area contributed by atoms with Crippen LogP contribution in [-0.2, 0) is 4.74 Å². The van der Waals surface area contributed by atoms with Crippen molar-refractivity contribution in [3.63, 3.8) is 0 Å².